The minimum Gasteiger partial charge on any atom is -0.378 e. The van der Waals surface area contributed by atoms with E-state index in [-0.39, 0.29) is 5.91 Å². The summed E-state index contributed by atoms with van der Waals surface area (Å²) in [6, 6.07) is 9.88. The first kappa shape index (κ1) is 19.5. The Kier molecular flexibility index (Phi) is 5.56. The second-order valence-corrected chi connectivity index (χ2v) is 8.08. The van der Waals surface area contributed by atoms with Crippen LogP contribution in [-0.2, 0) is 0 Å². The number of hydrogen-bond donors (Lipinski definition) is 0. The molecule has 2 fully saturated rings. The van der Waals surface area contributed by atoms with Gasteiger partial charge in [0.15, 0.2) is 0 Å². The summed E-state index contributed by atoms with van der Waals surface area (Å²) in [6.07, 6.45) is 2.46. The van der Waals surface area contributed by atoms with Crippen molar-refractivity contribution in [1.82, 2.24) is 14.9 Å². The highest BCUT2D eigenvalue weighted by molar-refractivity contribution is 5.94. The third kappa shape index (κ3) is 4.28. The molecule has 2 aliphatic heterocycles. The van der Waals surface area contributed by atoms with Crippen LogP contribution in [-0.4, -0.2) is 74.1 Å². The van der Waals surface area contributed by atoms with Gasteiger partial charge in [0, 0.05) is 76.4 Å². The Morgan fingerprint density at radius 1 is 0.897 bits per heavy atom. The normalized spacial score (nSPS) is 17.0. The lowest BCUT2D eigenvalue weighted by atomic mass is 10.1. The molecule has 1 aromatic carbocycles. The van der Waals surface area contributed by atoms with Crippen molar-refractivity contribution in [3.05, 3.63) is 41.6 Å². The van der Waals surface area contributed by atoms with Crippen LogP contribution in [0.1, 0.15) is 28.9 Å². The number of anilines is 3. The van der Waals surface area contributed by atoms with Crippen molar-refractivity contribution in [1.29, 1.82) is 0 Å². The first-order valence-electron chi connectivity index (χ1n) is 10.4. The summed E-state index contributed by atoms with van der Waals surface area (Å²) < 4.78 is 0. The van der Waals surface area contributed by atoms with E-state index in [0.29, 0.717) is 13.1 Å². The van der Waals surface area contributed by atoms with Crippen LogP contribution < -0.4 is 14.7 Å². The lowest BCUT2D eigenvalue weighted by molar-refractivity contribution is 0.0746. The average Bonchev–Trinajstić information content (AvgIpc) is 3.28. The smallest absolute Gasteiger partial charge is 0.253 e. The van der Waals surface area contributed by atoms with E-state index in [9.17, 15) is 4.79 Å². The van der Waals surface area contributed by atoms with E-state index in [1.807, 2.05) is 55.1 Å². The monoisotopic (exact) mass is 394 g/mol. The molecule has 29 heavy (non-hydrogen) atoms. The molecule has 0 aliphatic carbocycles. The molecule has 154 valence electrons. The number of carbonyl (C=O) groups is 1. The first-order chi connectivity index (χ1) is 14.0. The number of piperazine rings is 1. The lowest BCUT2D eigenvalue weighted by Gasteiger charge is -2.35. The van der Waals surface area contributed by atoms with E-state index >= 15 is 0 Å². The predicted octanol–water partition coefficient (Wildman–Crippen LogP) is 2.41. The minimum absolute atomic E-state index is 0.0953. The largest absolute Gasteiger partial charge is 0.378 e. The Bertz CT molecular complexity index is 852. The zero-order valence-electron chi connectivity index (χ0n) is 17.6. The Labute approximate surface area is 172 Å². The van der Waals surface area contributed by atoms with Gasteiger partial charge >= 0.3 is 0 Å². The molecule has 2 aliphatic rings. The zero-order valence-corrected chi connectivity index (χ0v) is 17.6. The topological polar surface area (TPSA) is 55.8 Å². The fourth-order valence-corrected chi connectivity index (χ4v) is 3.98. The maximum absolute atomic E-state index is 12.9. The predicted molar refractivity (Wildman–Crippen MR) is 117 cm³/mol. The quantitative estimate of drug-likeness (QED) is 0.794. The van der Waals surface area contributed by atoms with Crippen LogP contribution in [0.15, 0.2) is 30.3 Å². The van der Waals surface area contributed by atoms with E-state index in [4.69, 9.17) is 4.98 Å². The van der Waals surface area contributed by atoms with Gasteiger partial charge in [-0.25, -0.2) is 4.98 Å². The number of aryl methyl sites for hydroxylation is 1. The number of rotatable bonds is 4. The average molecular weight is 395 g/mol. The van der Waals surface area contributed by atoms with Gasteiger partial charge in [-0.1, -0.05) is 0 Å². The first-order valence-corrected chi connectivity index (χ1v) is 10.4. The maximum Gasteiger partial charge on any atom is 0.253 e. The molecule has 1 aromatic heterocycles. The number of amides is 1. The maximum atomic E-state index is 12.9. The van der Waals surface area contributed by atoms with Crippen molar-refractivity contribution in [2.45, 2.75) is 19.8 Å². The van der Waals surface area contributed by atoms with Gasteiger partial charge in [-0.2, -0.15) is 4.98 Å². The van der Waals surface area contributed by atoms with Crippen molar-refractivity contribution >= 4 is 23.4 Å². The Hall–Kier alpha value is -2.83. The fraction of sp³-hybridized carbons (Fsp3) is 0.500. The molecule has 7 heteroatoms. The standard InChI is InChI=1S/C22H30N6O/c1-17-16-20(26-10-4-5-11-26)24-22(23-17)28-14-12-27(13-15-28)21(29)18-6-8-19(9-7-18)25(2)3/h6-9,16H,4-5,10-15H2,1-3H3. The van der Waals surface area contributed by atoms with E-state index < -0.39 is 0 Å². The second kappa shape index (κ2) is 8.27. The van der Waals surface area contributed by atoms with Crippen LogP contribution in [0.25, 0.3) is 0 Å². The van der Waals surface area contributed by atoms with Crippen LogP contribution in [0, 0.1) is 6.92 Å². The molecule has 2 aromatic rings. The van der Waals surface area contributed by atoms with Crippen molar-refractivity contribution < 1.29 is 4.79 Å². The van der Waals surface area contributed by atoms with Crippen LogP contribution in [0.2, 0.25) is 0 Å². The summed E-state index contributed by atoms with van der Waals surface area (Å²) in [6.45, 7) is 7.06. The van der Waals surface area contributed by atoms with E-state index in [0.717, 1.165) is 54.9 Å². The van der Waals surface area contributed by atoms with E-state index in [1.54, 1.807) is 0 Å². The van der Waals surface area contributed by atoms with Crippen molar-refractivity contribution in [2.24, 2.45) is 0 Å². The molecule has 1 amide bonds. The van der Waals surface area contributed by atoms with Gasteiger partial charge < -0.3 is 19.6 Å². The molecular weight excluding hydrogens is 364 g/mol. The molecule has 3 heterocycles. The number of hydrogen-bond acceptors (Lipinski definition) is 6. The van der Waals surface area contributed by atoms with Crippen LogP contribution in [0.5, 0.6) is 0 Å². The molecule has 0 saturated carbocycles. The molecule has 0 atom stereocenters. The third-order valence-electron chi connectivity index (χ3n) is 5.74. The number of benzene rings is 1. The summed E-state index contributed by atoms with van der Waals surface area (Å²) >= 11 is 0. The summed E-state index contributed by atoms with van der Waals surface area (Å²) in [7, 11) is 4.00. The fourth-order valence-electron chi connectivity index (χ4n) is 3.98. The highest BCUT2D eigenvalue weighted by Gasteiger charge is 2.24. The van der Waals surface area contributed by atoms with E-state index in [2.05, 4.69) is 20.9 Å². The van der Waals surface area contributed by atoms with Gasteiger partial charge in [-0.05, 0) is 44.0 Å². The second-order valence-electron chi connectivity index (χ2n) is 8.08. The zero-order chi connectivity index (χ0) is 20.4. The lowest BCUT2D eigenvalue weighted by Crippen LogP contribution is -2.49. The van der Waals surface area contributed by atoms with Gasteiger partial charge in [-0.15, -0.1) is 0 Å². The summed E-state index contributed by atoms with van der Waals surface area (Å²) in [4.78, 5) is 30.9. The molecule has 0 unspecified atom stereocenters. The summed E-state index contributed by atoms with van der Waals surface area (Å²) in [5, 5.41) is 0. The summed E-state index contributed by atoms with van der Waals surface area (Å²) in [5.74, 6) is 1.91. The molecule has 0 radical (unpaired) electrons. The van der Waals surface area contributed by atoms with Gasteiger partial charge in [0.05, 0.1) is 0 Å². The minimum atomic E-state index is 0.0953. The third-order valence-corrected chi connectivity index (χ3v) is 5.74. The SMILES string of the molecule is Cc1cc(N2CCCC2)nc(N2CCN(C(=O)c3ccc(N(C)C)cc3)CC2)n1. The molecule has 7 nitrogen and oxygen atoms in total. The van der Waals surface area contributed by atoms with Gasteiger partial charge in [-0.3, -0.25) is 4.79 Å². The van der Waals surface area contributed by atoms with Crippen LogP contribution in [0.3, 0.4) is 0 Å². The molecular formula is C22H30N6O. The summed E-state index contributed by atoms with van der Waals surface area (Å²) in [5.41, 5.74) is 2.83. The molecule has 4 rings (SSSR count). The Morgan fingerprint density at radius 2 is 1.55 bits per heavy atom. The highest BCUT2D eigenvalue weighted by atomic mass is 16.2. The molecule has 0 spiro atoms. The van der Waals surface area contributed by atoms with Crippen molar-refractivity contribution in [2.75, 3.05) is 68.1 Å². The van der Waals surface area contributed by atoms with E-state index in [1.165, 1.54) is 12.8 Å². The molecule has 0 bridgehead atoms. The molecule has 0 N–H and O–H groups in total. The van der Waals surface area contributed by atoms with Crippen molar-refractivity contribution in [3.8, 4) is 0 Å². The number of nitrogens with zero attached hydrogens (tertiary/aromatic N) is 6. The Balaban J connectivity index is 1.41. The van der Waals surface area contributed by atoms with Gasteiger partial charge in [0.2, 0.25) is 5.95 Å². The van der Waals surface area contributed by atoms with Crippen molar-refractivity contribution in [3.63, 3.8) is 0 Å². The van der Waals surface area contributed by atoms with Gasteiger partial charge in [0.25, 0.3) is 5.91 Å². The molecule has 2 saturated heterocycles. The number of carbonyl (C=O) groups excluding carboxylic acids is 1. The van der Waals surface area contributed by atoms with Gasteiger partial charge in [0.1, 0.15) is 5.82 Å². The Morgan fingerprint density at radius 3 is 2.17 bits per heavy atom. The highest BCUT2D eigenvalue weighted by Crippen LogP contribution is 2.22. The van der Waals surface area contributed by atoms with Crippen LogP contribution in [0.4, 0.5) is 17.5 Å². The van der Waals surface area contributed by atoms with Crippen LogP contribution >= 0.6 is 0 Å². The number of aromatic nitrogens is 2.